The number of aromatic nitrogens is 16. The van der Waals surface area contributed by atoms with Crippen LogP contribution in [-0.2, 0) is 96.8 Å². The number of nitrogens with two attached hydrogens (primary N) is 2. The molecule has 10 aromatic rings. The molecular weight excluding hydrogens is 1660 g/mol. The minimum absolute atomic E-state index is 0.0242. The number of nitrogens with zero attached hydrogens (tertiary/aromatic N) is 17. The van der Waals surface area contributed by atoms with Crippen LogP contribution in [0.2, 0.25) is 18.1 Å². The van der Waals surface area contributed by atoms with Crippen LogP contribution in [0.5, 0.6) is 0 Å². The Morgan fingerprint density at radius 1 is 0.565 bits per heavy atom. The molecule has 6 fully saturated rings. The molecule has 4 bridgehead atoms. The Morgan fingerprint density at radius 2 is 0.974 bits per heavy atom. The monoisotopic (exact) mass is 1730 g/mol. The number of phosphoric ester groups is 2. The van der Waals surface area contributed by atoms with E-state index in [1.807, 2.05) is 39.9 Å². The molecule has 43 nitrogen and oxygen atoms in total. The molecule has 4 unspecified atom stereocenters. The van der Waals surface area contributed by atoms with Gasteiger partial charge in [0.05, 0.1) is 70.8 Å². The molecule has 16 rings (SSSR count). The predicted octanol–water partition coefficient (Wildman–Crippen LogP) is 6.23. The van der Waals surface area contributed by atoms with Gasteiger partial charge in [-0.25, -0.2) is 77.7 Å². The van der Waals surface area contributed by atoms with Crippen molar-refractivity contribution in [3.63, 3.8) is 0 Å². The highest BCUT2D eigenvalue weighted by Gasteiger charge is 2.58. The number of phosphoric acid groups is 2. The number of nitriles is 1. The number of aliphatic hydroxyl groups excluding tert-OH is 1. The number of benzene rings is 2. The van der Waals surface area contributed by atoms with Crippen molar-refractivity contribution in [1.29, 1.82) is 5.26 Å². The Labute approximate surface area is 659 Å². The molecule has 0 aliphatic carbocycles. The molecule has 52 heteroatoms. The summed E-state index contributed by atoms with van der Waals surface area (Å²) in [6.45, 7) is -1.35. The smallest absolute Gasteiger partial charge is 0.408 e. The second-order valence-corrected chi connectivity index (χ2v) is 41.3. The van der Waals surface area contributed by atoms with Gasteiger partial charge >= 0.3 is 29.1 Å². The Morgan fingerprint density at radius 3 is 1.45 bits per heavy atom. The van der Waals surface area contributed by atoms with Gasteiger partial charge in [-0.05, 0) is 66.0 Å². The number of aliphatic hydroxyl groups is 1. The average molecular weight is 1730 g/mol. The lowest BCUT2D eigenvalue weighted by Crippen LogP contribution is -2.50. The van der Waals surface area contributed by atoms with Crippen LogP contribution < -0.4 is 22.1 Å². The van der Waals surface area contributed by atoms with Gasteiger partial charge in [-0.3, -0.25) is 55.0 Å². The number of hydrogen-bond donors (Lipinski definition) is 8. The summed E-state index contributed by atoms with van der Waals surface area (Å²) in [5.41, 5.74) is 13.6. The largest absolute Gasteiger partial charge is 0.472 e. The summed E-state index contributed by atoms with van der Waals surface area (Å²) in [4.78, 5) is 110. The fourth-order valence-electron chi connectivity index (χ4n) is 13.0. The molecule has 6 saturated heterocycles. The van der Waals surface area contributed by atoms with E-state index >= 15 is 8.78 Å². The number of anilines is 4. The normalized spacial score (nSPS) is 32.1. The van der Waals surface area contributed by atoms with Crippen LogP contribution in [0.25, 0.3) is 44.7 Å². The van der Waals surface area contributed by atoms with E-state index in [2.05, 4.69) is 70.4 Å². The molecule has 8 aromatic heterocycles. The van der Waals surface area contributed by atoms with Crippen molar-refractivity contribution in [2.75, 3.05) is 55.1 Å². The van der Waals surface area contributed by atoms with Crippen molar-refractivity contribution < 1.29 is 111 Å². The summed E-state index contributed by atoms with van der Waals surface area (Å²) >= 11 is 11.3. The summed E-state index contributed by atoms with van der Waals surface area (Å²) in [5.74, 6) is -0.724. The van der Waals surface area contributed by atoms with Crippen molar-refractivity contribution in [3.8, 4) is 6.07 Å². The van der Waals surface area contributed by atoms with Crippen LogP contribution in [0.15, 0.2) is 111 Å². The van der Waals surface area contributed by atoms with E-state index < -0.39 is 179 Å². The molecule has 10 N–H and O–H groups in total. The van der Waals surface area contributed by atoms with E-state index in [1.165, 1.54) is 56.2 Å². The molecule has 0 spiro atoms. The van der Waals surface area contributed by atoms with Crippen LogP contribution in [0.3, 0.4) is 0 Å². The number of imidazole rings is 4. The first-order valence-electron chi connectivity index (χ1n) is 34.9. The average Bonchev–Trinajstić information content (AvgIpc) is 1.61. The Kier molecular flexibility index (Phi) is 23.2. The van der Waals surface area contributed by atoms with Gasteiger partial charge in [0.1, 0.15) is 97.4 Å². The minimum Gasteiger partial charge on any atom is -0.408 e. The number of carbonyl (C=O) groups is 2. The molecule has 0 saturated carbocycles. The summed E-state index contributed by atoms with van der Waals surface area (Å²) in [7, 11) is -13.1. The van der Waals surface area contributed by atoms with Crippen LogP contribution >= 0.6 is 29.1 Å². The Hall–Kier alpha value is -8.21. The number of nitrogen functional groups attached to an aromatic ring is 2. The number of ether oxygens (including phenoxy) is 4. The lowest BCUT2D eigenvalue weighted by molar-refractivity contribution is -0.0647. The SMILES string of the molecule is CC(C)(C)[Si](C)(C)O[C@H]1[C@H]2OP(=S)(OCCC#N)OC[C@H]3O[C@@H](n4cnc5c(NC(=O)c6ccccc6)ncnc54)[C@H](F)[C@@H]3OP(=O)(O)OC[C@H]1O[C@H]2n1cnc2c(NC(=O)c3ccccc3)ncnc21.Nc1ncnc2c1ncn2[C@@H]1O[C@@H]2COP(O)(=S)O[C@@H]3[C@H](O)[C@@H](COP(=O)(O)O[C@H]2[C@H]1F)O[C@H]3n1cnc2c(N)ncnc21. The zero-order valence-corrected chi connectivity index (χ0v) is 66.8. The quantitative estimate of drug-likeness (QED) is 0.0360. The molecule has 610 valence electrons. The van der Waals surface area contributed by atoms with Gasteiger partial charge in [-0.1, -0.05) is 57.2 Å². The topological polar surface area (TPSA) is 553 Å². The van der Waals surface area contributed by atoms with Gasteiger partial charge in [-0.2, -0.15) is 5.26 Å². The molecule has 20 atom stereocenters. The van der Waals surface area contributed by atoms with Gasteiger partial charge < -0.3 is 78.8 Å². The van der Waals surface area contributed by atoms with Crippen molar-refractivity contribution in [2.45, 2.75) is 144 Å². The molecule has 2 amide bonds. The van der Waals surface area contributed by atoms with Gasteiger partial charge in [0.15, 0.2) is 102 Å². The van der Waals surface area contributed by atoms with Crippen molar-refractivity contribution in [2.24, 2.45) is 0 Å². The number of alkyl halides is 2. The maximum Gasteiger partial charge on any atom is 0.472 e. The first kappa shape index (κ1) is 81.9. The van der Waals surface area contributed by atoms with E-state index in [4.69, 9.17) is 99.2 Å². The highest BCUT2D eigenvalue weighted by atomic mass is 32.5. The van der Waals surface area contributed by atoms with Crippen molar-refractivity contribution in [3.05, 3.63) is 122 Å². The molecule has 6 aliphatic heterocycles. The predicted molar refractivity (Wildman–Crippen MR) is 402 cm³/mol. The molecule has 0 radical (unpaired) electrons. The Bertz CT molecular complexity index is 5560. The minimum atomic E-state index is -5.23. The van der Waals surface area contributed by atoms with Gasteiger partial charge in [0.25, 0.3) is 11.8 Å². The third-order valence-electron chi connectivity index (χ3n) is 19.6. The van der Waals surface area contributed by atoms with E-state index in [9.17, 15) is 43.8 Å². The summed E-state index contributed by atoms with van der Waals surface area (Å²) < 4.78 is 149. The fraction of sp³-hybridized carbons (Fsp3) is 0.444. The number of halogens is 2. The number of amides is 2. The van der Waals surface area contributed by atoms with E-state index in [-0.39, 0.29) is 81.0 Å². The standard InChI is InChI=1S/C43H48FN11O12P2SSi.C20H23FN10O10P2S/c1-43(2,3)71(4,5)67-33-28-19-61-68(58,59)65-32-27(63-41(29(32)44)54-23-50-30-35(46-21-48-37(30)54)52-39(56)25-13-8-6-9-14-25)20-62-69(70,60-18-12-17-45)66-34(33)42(64-28)55-24-51-31-36(47-22-49-38(31)55)53-40(57)26-15-10-7-11-16-26;21-9-13-8(39-19(9)30-5-28-10-15(22)24-3-26-17(10)30)2-37-43(35,44)41-14-12(32)7(1-36-42(33,34)40-13)38-20(14)31-6-29-11-16(23)25-4-27-18(11)31/h6-11,13-16,21-24,27-29,32-34,41-42H,12,18-20H2,1-5H3,(H,58,59)(H,46,48,52,56)(H,47,49,53,57);3-9,12-14,19-20,32H,1-2H2,(H,33,34)(H,35,44)(H2,22,24,26)(H2,23,25,27)/t27-,28-,29-,32-,33-,34-,41-,42-,69?;7-,8-,9-,12-,13-,14-,19-,20-,43?/m11/s1. The van der Waals surface area contributed by atoms with Crippen molar-refractivity contribution >= 4 is 141 Å². The first-order chi connectivity index (χ1) is 54.8. The molecule has 6 aliphatic rings. The zero-order valence-electron chi connectivity index (χ0n) is 60.6. The molecule has 115 heavy (non-hydrogen) atoms. The third kappa shape index (κ3) is 16.9. The number of carbonyl (C=O) groups excluding carboxylic acids is 2. The number of nitrogens with one attached hydrogen (secondary N) is 2. The fourth-order valence-corrected chi connectivity index (χ4v) is 19.7. The summed E-state index contributed by atoms with van der Waals surface area (Å²) in [6, 6.07) is 18.9. The maximum absolute atomic E-state index is 17.0. The highest BCUT2D eigenvalue weighted by Crippen LogP contribution is 2.59. The number of fused-ring (bicyclic) bond motifs is 10. The molecule has 2 aromatic carbocycles. The van der Waals surface area contributed by atoms with Crippen LogP contribution in [0.1, 0.15) is 72.8 Å². The second kappa shape index (κ2) is 32.6. The lowest BCUT2D eigenvalue weighted by atomic mass is 10.1. The van der Waals surface area contributed by atoms with Gasteiger partial charge in [-0.15, -0.1) is 0 Å². The summed E-state index contributed by atoms with van der Waals surface area (Å²) in [6.07, 6.45) is -14.8. The lowest BCUT2D eigenvalue weighted by Gasteiger charge is -2.41. The maximum atomic E-state index is 17.0. The number of hydrogen-bond acceptors (Lipinski definition) is 36. The van der Waals surface area contributed by atoms with Gasteiger partial charge in [0.2, 0.25) is 0 Å². The molecular formula is C63H71F2N21O22P4S2Si. The summed E-state index contributed by atoms with van der Waals surface area (Å²) in [5, 5.41) is 25.7. The third-order valence-corrected chi connectivity index (χ3v) is 29.9. The van der Waals surface area contributed by atoms with Crippen LogP contribution in [0, 0.1) is 11.3 Å². The van der Waals surface area contributed by atoms with E-state index in [0.29, 0.717) is 11.1 Å². The zero-order chi connectivity index (χ0) is 81.3. The van der Waals surface area contributed by atoms with Crippen LogP contribution in [0.4, 0.5) is 32.1 Å². The number of rotatable bonds is 13. The van der Waals surface area contributed by atoms with Crippen LogP contribution in [-0.4, -0.2) is 224 Å². The van der Waals surface area contributed by atoms with Crippen molar-refractivity contribution in [1.82, 2.24) is 78.1 Å². The Balaban J connectivity index is 0.000000202. The molecule has 14 heterocycles. The first-order valence-corrected chi connectivity index (χ1v) is 45.9. The van der Waals surface area contributed by atoms with Gasteiger partial charge in [0, 0.05) is 11.1 Å². The second-order valence-electron chi connectivity index (χ2n) is 27.9. The van der Waals surface area contributed by atoms with E-state index in [1.54, 1.807) is 60.7 Å². The van der Waals surface area contributed by atoms with E-state index in [0.717, 1.165) is 12.7 Å². The highest BCUT2D eigenvalue weighted by molar-refractivity contribution is 8.07.